The molecule has 11 heteroatoms. The zero-order valence-electron chi connectivity index (χ0n) is 9.74. The predicted octanol–water partition coefficient (Wildman–Crippen LogP) is 0.193. The summed E-state index contributed by atoms with van der Waals surface area (Å²) in [7, 11) is -4.15. The van der Waals surface area contributed by atoms with E-state index in [9.17, 15) is 8.42 Å². The number of nitrogens with zero attached hydrogens (tertiary/aromatic N) is 3. The predicted molar refractivity (Wildman–Crippen MR) is 76.0 cm³/mol. The standard InChI is InChI=1S/C8H12N6O2S3/c9-2-1-3-17-4-6-5-18-8(13-6)14(7(10)11)19(12,15)16/h5H,1,3-4H2,(H3,10,11)(H2,12,15,16). The van der Waals surface area contributed by atoms with Crippen molar-refractivity contribution in [3.63, 3.8) is 0 Å². The Balaban J connectivity index is 2.78. The van der Waals surface area contributed by atoms with E-state index in [1.54, 1.807) is 5.38 Å². The first-order valence-electron chi connectivity index (χ1n) is 4.92. The first-order valence-corrected chi connectivity index (χ1v) is 8.46. The van der Waals surface area contributed by atoms with Crippen LogP contribution in [0.15, 0.2) is 5.38 Å². The van der Waals surface area contributed by atoms with Crippen LogP contribution in [0.3, 0.4) is 0 Å². The van der Waals surface area contributed by atoms with E-state index in [1.807, 2.05) is 6.07 Å². The van der Waals surface area contributed by atoms with Crippen molar-refractivity contribution < 1.29 is 8.42 Å². The number of thioether (sulfide) groups is 1. The summed E-state index contributed by atoms with van der Waals surface area (Å²) in [6, 6.07) is 2.02. The summed E-state index contributed by atoms with van der Waals surface area (Å²) in [5.74, 6) is 0.518. The lowest BCUT2D eigenvalue weighted by Gasteiger charge is -2.15. The molecule has 0 amide bonds. The van der Waals surface area contributed by atoms with Crippen molar-refractivity contribution in [1.29, 1.82) is 10.7 Å². The minimum absolute atomic E-state index is 0.0332. The van der Waals surface area contributed by atoms with Crippen LogP contribution in [0.25, 0.3) is 0 Å². The van der Waals surface area contributed by atoms with Crippen LogP contribution in [0, 0.1) is 16.7 Å². The Kier molecular flexibility index (Phi) is 5.55. The molecule has 0 aliphatic heterocycles. The lowest BCUT2D eigenvalue weighted by atomic mass is 10.6. The molecule has 1 rings (SSSR count). The van der Waals surface area contributed by atoms with Crippen molar-refractivity contribution in [3.05, 3.63) is 11.1 Å². The molecule has 0 aliphatic carbocycles. The lowest BCUT2D eigenvalue weighted by molar-refractivity contribution is 0.598. The van der Waals surface area contributed by atoms with Crippen LogP contribution in [0.1, 0.15) is 12.1 Å². The number of nitriles is 1. The first kappa shape index (κ1) is 15.7. The summed E-state index contributed by atoms with van der Waals surface area (Å²) < 4.78 is 23.1. The molecular weight excluding hydrogens is 308 g/mol. The average Bonchev–Trinajstić information content (AvgIpc) is 2.70. The average molecular weight is 320 g/mol. The highest BCUT2D eigenvalue weighted by atomic mass is 32.2. The monoisotopic (exact) mass is 320 g/mol. The molecule has 1 aromatic heterocycles. The highest BCUT2D eigenvalue weighted by Crippen LogP contribution is 2.24. The van der Waals surface area contributed by atoms with Crippen molar-refractivity contribution >= 4 is 44.4 Å². The second kappa shape index (κ2) is 6.71. The maximum atomic E-state index is 11.3. The third-order valence-electron chi connectivity index (χ3n) is 1.79. The fourth-order valence-corrected chi connectivity index (χ4v) is 3.66. The van der Waals surface area contributed by atoms with Gasteiger partial charge in [-0.25, -0.2) is 10.1 Å². The summed E-state index contributed by atoms with van der Waals surface area (Å²) in [6.07, 6.45) is 0.443. The van der Waals surface area contributed by atoms with Crippen LogP contribution in [-0.4, -0.2) is 25.1 Å². The van der Waals surface area contributed by atoms with E-state index in [-0.39, 0.29) is 5.13 Å². The number of nitrogens with one attached hydrogen (secondary N) is 1. The van der Waals surface area contributed by atoms with E-state index < -0.39 is 16.2 Å². The van der Waals surface area contributed by atoms with Crippen LogP contribution in [0.4, 0.5) is 5.13 Å². The molecule has 0 aromatic carbocycles. The Labute approximate surface area is 119 Å². The van der Waals surface area contributed by atoms with Crippen molar-refractivity contribution in [1.82, 2.24) is 4.98 Å². The van der Waals surface area contributed by atoms with Gasteiger partial charge in [0.1, 0.15) is 0 Å². The fourth-order valence-electron chi connectivity index (χ4n) is 1.10. The maximum Gasteiger partial charge on any atom is 0.307 e. The highest BCUT2D eigenvalue weighted by molar-refractivity contribution is 7.98. The molecule has 0 saturated carbocycles. The topological polar surface area (TPSA) is 150 Å². The first-order chi connectivity index (χ1) is 8.86. The van der Waals surface area contributed by atoms with E-state index >= 15 is 0 Å². The van der Waals surface area contributed by atoms with Crippen molar-refractivity contribution in [2.45, 2.75) is 12.2 Å². The summed E-state index contributed by atoms with van der Waals surface area (Å²) in [5, 5.41) is 22.3. The van der Waals surface area contributed by atoms with E-state index in [2.05, 4.69) is 4.98 Å². The molecule has 0 aliphatic rings. The van der Waals surface area contributed by atoms with E-state index in [1.165, 1.54) is 11.8 Å². The van der Waals surface area contributed by atoms with Crippen molar-refractivity contribution in [2.24, 2.45) is 10.9 Å². The zero-order valence-corrected chi connectivity index (χ0v) is 12.2. The number of thiazole rings is 1. The van der Waals surface area contributed by atoms with Crippen LogP contribution in [0.5, 0.6) is 0 Å². The second-order valence-electron chi connectivity index (χ2n) is 3.28. The molecule has 1 heterocycles. The largest absolute Gasteiger partial charge is 0.369 e. The summed E-state index contributed by atoms with van der Waals surface area (Å²) in [5.41, 5.74) is 5.83. The minimum Gasteiger partial charge on any atom is -0.369 e. The van der Waals surface area contributed by atoms with Gasteiger partial charge in [0.2, 0.25) is 11.1 Å². The lowest BCUT2D eigenvalue weighted by Crippen LogP contribution is -2.45. The van der Waals surface area contributed by atoms with Crippen molar-refractivity contribution in [3.8, 4) is 6.07 Å². The molecule has 0 saturated heterocycles. The van der Waals surface area contributed by atoms with Crippen LogP contribution < -0.4 is 15.2 Å². The van der Waals surface area contributed by atoms with Gasteiger partial charge in [0.15, 0.2) is 0 Å². The van der Waals surface area contributed by atoms with Crippen LogP contribution in [0.2, 0.25) is 0 Å². The molecule has 0 atom stereocenters. The summed E-state index contributed by atoms with van der Waals surface area (Å²) >= 11 is 2.54. The number of hydrogen-bond acceptors (Lipinski definition) is 7. The molecule has 0 spiro atoms. The van der Waals surface area contributed by atoms with Crippen molar-refractivity contribution in [2.75, 3.05) is 10.1 Å². The molecule has 104 valence electrons. The van der Waals surface area contributed by atoms with Gasteiger partial charge in [0.25, 0.3) is 0 Å². The minimum atomic E-state index is -4.15. The highest BCUT2D eigenvalue weighted by Gasteiger charge is 2.24. The maximum absolute atomic E-state index is 11.3. The van der Waals surface area contributed by atoms with Gasteiger partial charge in [-0.05, 0) is 0 Å². The second-order valence-corrected chi connectivity index (χ2v) is 6.61. The Morgan fingerprint density at radius 1 is 1.68 bits per heavy atom. The quantitative estimate of drug-likeness (QED) is 0.387. The Bertz CT molecular complexity index is 590. The molecule has 0 unspecified atom stereocenters. The van der Waals surface area contributed by atoms with Gasteiger partial charge in [0, 0.05) is 23.3 Å². The van der Waals surface area contributed by atoms with Gasteiger partial charge in [-0.1, -0.05) is 0 Å². The smallest absolute Gasteiger partial charge is 0.307 e. The number of guanidine groups is 1. The summed E-state index contributed by atoms with van der Waals surface area (Å²) in [6.45, 7) is 0. The molecule has 5 N–H and O–H groups in total. The Hall–Kier alpha value is -1.35. The summed E-state index contributed by atoms with van der Waals surface area (Å²) in [4.78, 5) is 4.06. The SMILES string of the molecule is N#CCCSCc1csc(N(C(=N)N)S(N)(=O)=O)n1. The zero-order chi connectivity index (χ0) is 14.5. The molecule has 0 radical (unpaired) electrons. The normalized spacial score (nSPS) is 10.9. The molecule has 1 aromatic rings. The van der Waals surface area contributed by atoms with Gasteiger partial charge in [-0.2, -0.15) is 29.7 Å². The number of anilines is 1. The van der Waals surface area contributed by atoms with E-state index in [0.717, 1.165) is 11.3 Å². The Morgan fingerprint density at radius 2 is 2.37 bits per heavy atom. The molecule has 8 nitrogen and oxygen atoms in total. The number of rotatable bonds is 6. The molecular formula is C8H12N6O2S3. The molecule has 0 bridgehead atoms. The van der Waals surface area contributed by atoms with Crippen LogP contribution in [-0.2, 0) is 16.0 Å². The fraction of sp³-hybridized carbons (Fsp3) is 0.375. The van der Waals surface area contributed by atoms with E-state index in [0.29, 0.717) is 27.9 Å². The third kappa shape index (κ3) is 4.67. The molecule has 0 fully saturated rings. The number of aromatic nitrogens is 1. The third-order valence-corrected chi connectivity index (χ3v) is 4.66. The van der Waals surface area contributed by atoms with E-state index in [4.69, 9.17) is 21.5 Å². The van der Waals surface area contributed by atoms with Gasteiger partial charge in [0.05, 0.1) is 11.8 Å². The van der Waals surface area contributed by atoms with Gasteiger partial charge in [-0.3, -0.25) is 5.41 Å². The number of nitrogens with two attached hydrogens (primary N) is 2. The van der Waals surface area contributed by atoms with Gasteiger partial charge in [-0.15, -0.1) is 11.3 Å². The van der Waals surface area contributed by atoms with Crippen LogP contribution >= 0.6 is 23.1 Å². The van der Waals surface area contributed by atoms with Gasteiger partial charge < -0.3 is 5.73 Å². The molecule has 19 heavy (non-hydrogen) atoms. The Morgan fingerprint density at radius 3 is 2.89 bits per heavy atom. The number of hydrogen-bond donors (Lipinski definition) is 3. The van der Waals surface area contributed by atoms with Gasteiger partial charge >= 0.3 is 10.2 Å².